The molecule has 2 heteroatoms. The van der Waals surface area contributed by atoms with Crippen molar-refractivity contribution >= 4 is 0 Å². The normalized spacial score (nSPS) is 19.8. The number of hydrogen-bond acceptors (Lipinski definition) is 2. The topological polar surface area (TPSA) is 15.3 Å². The maximum Gasteiger partial charge on any atom is 0.00670 e. The van der Waals surface area contributed by atoms with E-state index in [1.807, 2.05) is 0 Å². The van der Waals surface area contributed by atoms with Crippen LogP contribution in [-0.4, -0.2) is 37.6 Å². The van der Waals surface area contributed by atoms with Crippen molar-refractivity contribution in [1.29, 1.82) is 0 Å². The third kappa shape index (κ3) is 7.05. The molecule has 0 aromatic carbocycles. The number of nitrogens with one attached hydrogen (secondary N) is 1. The average Bonchev–Trinajstić information content (AvgIpc) is 2.36. The molecule has 1 fully saturated rings. The van der Waals surface area contributed by atoms with E-state index < -0.39 is 0 Å². The molecular weight excluding hydrogens is 208 g/mol. The van der Waals surface area contributed by atoms with Crippen molar-refractivity contribution in [3.8, 4) is 0 Å². The molecule has 0 amide bonds. The molecule has 1 aliphatic rings. The number of nitrogens with zero attached hydrogens (tertiary/aromatic N) is 1. The van der Waals surface area contributed by atoms with E-state index in [9.17, 15) is 0 Å². The second kappa shape index (κ2) is 8.93. The largest absolute Gasteiger partial charge is 0.314 e. The Morgan fingerprint density at radius 2 is 1.94 bits per heavy atom. The highest BCUT2D eigenvalue weighted by Gasteiger charge is 2.12. The third-order valence-electron chi connectivity index (χ3n) is 4.08. The van der Waals surface area contributed by atoms with E-state index in [1.54, 1.807) is 0 Å². The fraction of sp³-hybridized carbons (Fsp3) is 1.00. The van der Waals surface area contributed by atoms with Crippen molar-refractivity contribution < 1.29 is 0 Å². The molecule has 0 aliphatic heterocycles. The predicted octanol–water partition coefficient (Wildman–Crippen LogP) is 3.28. The minimum absolute atomic E-state index is 0.823. The van der Waals surface area contributed by atoms with Crippen molar-refractivity contribution in [2.45, 2.75) is 64.8 Å². The quantitative estimate of drug-likeness (QED) is 0.655. The Morgan fingerprint density at radius 1 is 1.24 bits per heavy atom. The first-order valence-electron chi connectivity index (χ1n) is 7.64. The van der Waals surface area contributed by atoms with E-state index in [0.717, 1.165) is 12.0 Å². The Labute approximate surface area is 108 Å². The molecular formula is C15H32N2. The van der Waals surface area contributed by atoms with Crippen LogP contribution in [0.25, 0.3) is 0 Å². The van der Waals surface area contributed by atoms with Crippen LogP contribution in [0.15, 0.2) is 0 Å². The minimum Gasteiger partial charge on any atom is -0.314 e. The zero-order chi connectivity index (χ0) is 12.5. The fourth-order valence-electron chi connectivity index (χ4n) is 2.71. The van der Waals surface area contributed by atoms with E-state index in [4.69, 9.17) is 0 Å². The van der Waals surface area contributed by atoms with Crippen LogP contribution in [0.3, 0.4) is 0 Å². The smallest absolute Gasteiger partial charge is 0.00670 e. The maximum atomic E-state index is 3.72. The van der Waals surface area contributed by atoms with Gasteiger partial charge in [-0.15, -0.1) is 0 Å². The van der Waals surface area contributed by atoms with Crippen LogP contribution in [0.1, 0.15) is 58.8 Å². The lowest BCUT2D eigenvalue weighted by Gasteiger charge is -2.24. The second-order valence-electron chi connectivity index (χ2n) is 5.92. The summed E-state index contributed by atoms with van der Waals surface area (Å²) < 4.78 is 0. The molecule has 17 heavy (non-hydrogen) atoms. The van der Waals surface area contributed by atoms with Gasteiger partial charge >= 0.3 is 0 Å². The Morgan fingerprint density at radius 3 is 2.59 bits per heavy atom. The summed E-state index contributed by atoms with van der Waals surface area (Å²) in [4.78, 5) is 2.48. The van der Waals surface area contributed by atoms with Crippen molar-refractivity contribution in [2.24, 2.45) is 5.92 Å². The van der Waals surface area contributed by atoms with Gasteiger partial charge in [-0.2, -0.15) is 0 Å². The summed E-state index contributed by atoms with van der Waals surface area (Å²) in [5, 5.41) is 3.72. The van der Waals surface area contributed by atoms with Crippen molar-refractivity contribution in [2.75, 3.05) is 26.7 Å². The van der Waals surface area contributed by atoms with Crippen LogP contribution in [-0.2, 0) is 0 Å². The van der Waals surface area contributed by atoms with Gasteiger partial charge in [-0.25, -0.2) is 0 Å². The molecule has 102 valence electrons. The lowest BCUT2D eigenvalue weighted by molar-refractivity contribution is 0.273. The van der Waals surface area contributed by atoms with Crippen molar-refractivity contribution in [3.63, 3.8) is 0 Å². The Kier molecular flexibility index (Phi) is 7.87. The summed E-state index contributed by atoms with van der Waals surface area (Å²) in [6.07, 6.45) is 9.73. The van der Waals surface area contributed by atoms with Crippen LogP contribution in [0.4, 0.5) is 0 Å². The summed E-state index contributed by atoms with van der Waals surface area (Å²) in [6, 6.07) is 0.823. The van der Waals surface area contributed by atoms with Gasteiger partial charge in [-0.3, -0.25) is 0 Å². The van der Waals surface area contributed by atoms with Gasteiger partial charge in [-0.05, 0) is 45.3 Å². The van der Waals surface area contributed by atoms with Crippen LogP contribution >= 0.6 is 0 Å². The first kappa shape index (κ1) is 15.0. The van der Waals surface area contributed by atoms with Gasteiger partial charge in [0, 0.05) is 12.6 Å². The van der Waals surface area contributed by atoms with Crippen LogP contribution < -0.4 is 5.32 Å². The molecule has 1 rings (SSSR count). The summed E-state index contributed by atoms with van der Waals surface area (Å²) >= 11 is 0. The Balaban J connectivity index is 1.95. The molecule has 1 unspecified atom stereocenters. The highest BCUT2D eigenvalue weighted by Crippen LogP contribution is 2.17. The molecule has 0 heterocycles. The highest BCUT2D eigenvalue weighted by molar-refractivity contribution is 4.71. The molecule has 0 bridgehead atoms. The lowest BCUT2D eigenvalue weighted by atomic mass is 9.95. The average molecular weight is 240 g/mol. The highest BCUT2D eigenvalue weighted by atomic mass is 15.1. The summed E-state index contributed by atoms with van der Waals surface area (Å²) in [6.45, 7) is 8.32. The van der Waals surface area contributed by atoms with Crippen LogP contribution in [0.2, 0.25) is 0 Å². The van der Waals surface area contributed by atoms with Gasteiger partial charge in [0.15, 0.2) is 0 Å². The molecule has 0 spiro atoms. The van der Waals surface area contributed by atoms with Gasteiger partial charge in [0.1, 0.15) is 0 Å². The first-order valence-corrected chi connectivity index (χ1v) is 7.64. The molecule has 0 aromatic heterocycles. The zero-order valence-electron chi connectivity index (χ0n) is 12.2. The van der Waals surface area contributed by atoms with Crippen molar-refractivity contribution in [1.82, 2.24) is 10.2 Å². The fourth-order valence-corrected chi connectivity index (χ4v) is 2.71. The molecule has 0 radical (unpaired) electrons. The predicted molar refractivity (Wildman–Crippen MR) is 76.4 cm³/mol. The van der Waals surface area contributed by atoms with Gasteiger partial charge < -0.3 is 10.2 Å². The van der Waals surface area contributed by atoms with Crippen LogP contribution in [0, 0.1) is 5.92 Å². The van der Waals surface area contributed by atoms with Crippen molar-refractivity contribution in [3.05, 3.63) is 0 Å². The van der Waals surface area contributed by atoms with Crippen LogP contribution in [0.5, 0.6) is 0 Å². The molecule has 1 saturated carbocycles. The molecule has 2 nitrogen and oxygen atoms in total. The van der Waals surface area contributed by atoms with E-state index in [1.165, 1.54) is 64.6 Å². The molecule has 1 N–H and O–H groups in total. The molecule has 0 saturated heterocycles. The van der Waals surface area contributed by atoms with E-state index in [0.29, 0.717) is 0 Å². The second-order valence-corrected chi connectivity index (χ2v) is 5.92. The van der Waals surface area contributed by atoms with Gasteiger partial charge in [0.2, 0.25) is 0 Å². The Hall–Kier alpha value is -0.0800. The maximum absolute atomic E-state index is 3.72. The summed E-state index contributed by atoms with van der Waals surface area (Å²) in [7, 11) is 2.26. The molecule has 0 aromatic rings. The Bertz CT molecular complexity index is 176. The standard InChI is InChI=1S/C15H32N2/c1-4-14(2)13-17(3)12-8-11-16-15-9-6-5-7-10-15/h14-16H,4-13H2,1-3H3. The summed E-state index contributed by atoms with van der Waals surface area (Å²) in [5.41, 5.74) is 0. The first-order chi connectivity index (χ1) is 8.22. The monoisotopic (exact) mass is 240 g/mol. The van der Waals surface area contributed by atoms with Gasteiger partial charge in [0.25, 0.3) is 0 Å². The zero-order valence-corrected chi connectivity index (χ0v) is 12.2. The lowest BCUT2D eigenvalue weighted by Crippen LogP contribution is -2.34. The number of rotatable bonds is 8. The van der Waals surface area contributed by atoms with Gasteiger partial charge in [-0.1, -0.05) is 39.5 Å². The van der Waals surface area contributed by atoms with E-state index >= 15 is 0 Å². The SMILES string of the molecule is CCC(C)CN(C)CCCNC1CCCCC1. The van der Waals surface area contributed by atoms with E-state index in [-0.39, 0.29) is 0 Å². The number of hydrogen-bond donors (Lipinski definition) is 1. The minimum atomic E-state index is 0.823. The molecule has 1 aliphatic carbocycles. The summed E-state index contributed by atoms with van der Waals surface area (Å²) in [5.74, 6) is 0.839. The van der Waals surface area contributed by atoms with Gasteiger partial charge in [0.05, 0.1) is 0 Å². The third-order valence-corrected chi connectivity index (χ3v) is 4.08. The van der Waals surface area contributed by atoms with E-state index in [2.05, 4.69) is 31.1 Å². The molecule has 1 atom stereocenters.